The Bertz CT molecular complexity index is 374. The molecule has 0 amide bonds. The second-order valence-corrected chi connectivity index (χ2v) is 5.36. The van der Waals surface area contributed by atoms with Gasteiger partial charge in [0.1, 0.15) is 5.82 Å². The third-order valence-corrected chi connectivity index (χ3v) is 3.84. The van der Waals surface area contributed by atoms with E-state index in [1.165, 1.54) is 25.3 Å². The molecule has 0 aliphatic heterocycles. The minimum absolute atomic E-state index is 0.371. The first-order valence-electron chi connectivity index (χ1n) is 6.30. The normalized spacial score (nSPS) is 19.2. The van der Waals surface area contributed by atoms with Crippen LogP contribution in [0.4, 0.5) is 4.39 Å². The molecule has 0 aromatic heterocycles. The van der Waals surface area contributed by atoms with Crippen LogP contribution in [0, 0.1) is 11.7 Å². The number of aliphatic hydroxyl groups excluding tert-OH is 1. The number of benzene rings is 1. The van der Waals surface area contributed by atoms with Crippen LogP contribution in [0.2, 0.25) is 5.02 Å². The molecule has 0 radical (unpaired) electrons. The summed E-state index contributed by atoms with van der Waals surface area (Å²) in [7, 11) is 0. The van der Waals surface area contributed by atoms with Crippen molar-refractivity contribution in [3.63, 3.8) is 0 Å². The van der Waals surface area contributed by atoms with E-state index >= 15 is 0 Å². The van der Waals surface area contributed by atoms with Crippen molar-refractivity contribution in [2.24, 2.45) is 5.92 Å². The van der Waals surface area contributed by atoms with Crippen LogP contribution in [0.25, 0.3) is 0 Å². The van der Waals surface area contributed by atoms with E-state index in [1.807, 2.05) is 0 Å². The summed E-state index contributed by atoms with van der Waals surface area (Å²) in [6.07, 6.45) is 6.05. The second-order valence-electron chi connectivity index (χ2n) is 4.92. The van der Waals surface area contributed by atoms with Gasteiger partial charge >= 0.3 is 0 Å². The summed E-state index contributed by atoms with van der Waals surface area (Å²) in [6, 6.07) is 4.48. The van der Waals surface area contributed by atoms with Gasteiger partial charge in [-0.05, 0) is 24.5 Å². The maximum absolute atomic E-state index is 13.6. The van der Waals surface area contributed by atoms with E-state index < -0.39 is 11.9 Å². The lowest BCUT2D eigenvalue weighted by atomic mass is 9.84. The summed E-state index contributed by atoms with van der Waals surface area (Å²) < 4.78 is 13.6. The highest BCUT2D eigenvalue weighted by atomic mass is 35.5. The number of aliphatic hydroxyl groups is 1. The van der Waals surface area contributed by atoms with Crippen LogP contribution in [0.3, 0.4) is 0 Å². The van der Waals surface area contributed by atoms with Crippen LogP contribution in [0.5, 0.6) is 0 Å². The maximum Gasteiger partial charge on any atom is 0.130 e. The molecule has 0 heterocycles. The molecule has 1 aliphatic carbocycles. The van der Waals surface area contributed by atoms with Crippen molar-refractivity contribution in [1.29, 1.82) is 0 Å². The summed E-state index contributed by atoms with van der Waals surface area (Å²) in [5.41, 5.74) is 0.375. The van der Waals surface area contributed by atoms with Crippen molar-refractivity contribution in [1.82, 2.24) is 0 Å². The first kappa shape index (κ1) is 12.8. The highest BCUT2D eigenvalue weighted by molar-refractivity contribution is 6.30. The van der Waals surface area contributed by atoms with E-state index in [0.29, 0.717) is 22.9 Å². The Morgan fingerprint density at radius 1 is 1.29 bits per heavy atom. The molecule has 1 fully saturated rings. The summed E-state index contributed by atoms with van der Waals surface area (Å²) >= 11 is 5.69. The van der Waals surface area contributed by atoms with Gasteiger partial charge in [-0.15, -0.1) is 0 Å². The quantitative estimate of drug-likeness (QED) is 0.845. The molecule has 1 aromatic rings. The monoisotopic (exact) mass is 256 g/mol. The molecule has 0 bridgehead atoms. The molecule has 0 spiro atoms. The SMILES string of the molecule is OC(CC1CCCCC1)c1ccc(Cl)cc1F. The lowest BCUT2D eigenvalue weighted by Gasteiger charge is -2.24. The van der Waals surface area contributed by atoms with Gasteiger partial charge in [0.15, 0.2) is 0 Å². The van der Waals surface area contributed by atoms with E-state index in [4.69, 9.17) is 11.6 Å². The highest BCUT2D eigenvalue weighted by Crippen LogP contribution is 2.33. The zero-order valence-corrected chi connectivity index (χ0v) is 10.6. The fourth-order valence-electron chi connectivity index (χ4n) is 2.64. The molecule has 1 unspecified atom stereocenters. The molecule has 1 nitrogen and oxygen atoms in total. The van der Waals surface area contributed by atoms with Gasteiger partial charge in [-0.2, -0.15) is 0 Å². The zero-order valence-electron chi connectivity index (χ0n) is 9.83. The molecule has 2 rings (SSSR count). The van der Waals surface area contributed by atoms with Gasteiger partial charge in [-0.25, -0.2) is 4.39 Å². The lowest BCUT2D eigenvalue weighted by molar-refractivity contribution is 0.128. The van der Waals surface area contributed by atoms with Crippen LogP contribution in [-0.4, -0.2) is 5.11 Å². The Balaban J connectivity index is 2.00. The lowest BCUT2D eigenvalue weighted by Crippen LogP contribution is -2.12. The van der Waals surface area contributed by atoms with E-state index in [1.54, 1.807) is 12.1 Å². The second kappa shape index (κ2) is 5.83. The number of halogens is 2. The fourth-order valence-corrected chi connectivity index (χ4v) is 2.80. The molecule has 3 heteroatoms. The molecule has 17 heavy (non-hydrogen) atoms. The molecule has 1 atom stereocenters. The predicted octanol–water partition coefficient (Wildman–Crippen LogP) is 4.48. The van der Waals surface area contributed by atoms with E-state index in [2.05, 4.69) is 0 Å². The van der Waals surface area contributed by atoms with Crippen LogP contribution < -0.4 is 0 Å². The van der Waals surface area contributed by atoms with E-state index in [-0.39, 0.29) is 0 Å². The van der Waals surface area contributed by atoms with Crippen molar-refractivity contribution < 1.29 is 9.50 Å². The molecule has 1 N–H and O–H groups in total. The zero-order chi connectivity index (χ0) is 12.3. The standard InChI is InChI=1S/C14H18ClFO/c15-11-6-7-12(13(16)9-11)14(17)8-10-4-2-1-3-5-10/h6-7,9-10,14,17H,1-5,8H2. The highest BCUT2D eigenvalue weighted by Gasteiger charge is 2.20. The van der Waals surface area contributed by atoms with Gasteiger partial charge in [-0.3, -0.25) is 0 Å². The summed E-state index contributed by atoms with van der Waals surface area (Å²) in [5.74, 6) is 0.134. The van der Waals surface area contributed by atoms with Crippen LogP contribution in [-0.2, 0) is 0 Å². The molecule has 1 aromatic carbocycles. The Morgan fingerprint density at radius 3 is 2.65 bits per heavy atom. The summed E-state index contributed by atoms with van der Waals surface area (Å²) in [4.78, 5) is 0. The van der Waals surface area contributed by atoms with Crippen LogP contribution in [0.1, 0.15) is 50.2 Å². The van der Waals surface area contributed by atoms with Gasteiger partial charge in [0.25, 0.3) is 0 Å². The van der Waals surface area contributed by atoms with Crippen molar-refractivity contribution >= 4 is 11.6 Å². The van der Waals surface area contributed by atoms with Crippen molar-refractivity contribution in [2.45, 2.75) is 44.6 Å². The third-order valence-electron chi connectivity index (χ3n) is 3.60. The first-order chi connectivity index (χ1) is 8.16. The summed E-state index contributed by atoms with van der Waals surface area (Å²) in [6.45, 7) is 0. The molecule has 1 aliphatic rings. The molecular formula is C14H18ClFO. The van der Waals surface area contributed by atoms with Gasteiger partial charge in [0, 0.05) is 10.6 Å². The third kappa shape index (κ3) is 3.43. The minimum atomic E-state index is -0.699. The Hall–Kier alpha value is -0.600. The Kier molecular flexibility index (Phi) is 4.41. The topological polar surface area (TPSA) is 20.2 Å². The van der Waals surface area contributed by atoms with Crippen molar-refractivity contribution in [3.8, 4) is 0 Å². The van der Waals surface area contributed by atoms with Crippen molar-refractivity contribution in [3.05, 3.63) is 34.6 Å². The largest absolute Gasteiger partial charge is 0.388 e. The number of rotatable bonds is 3. The summed E-state index contributed by atoms with van der Waals surface area (Å²) in [5, 5.41) is 10.4. The average Bonchev–Trinajstić information content (AvgIpc) is 2.30. The predicted molar refractivity (Wildman–Crippen MR) is 67.6 cm³/mol. The number of hydrogen-bond donors (Lipinski definition) is 1. The van der Waals surface area contributed by atoms with E-state index in [0.717, 1.165) is 12.8 Å². The smallest absolute Gasteiger partial charge is 0.130 e. The Labute approximate surface area is 107 Å². The van der Waals surface area contributed by atoms with Crippen molar-refractivity contribution in [2.75, 3.05) is 0 Å². The average molecular weight is 257 g/mol. The van der Waals surface area contributed by atoms with Crippen LogP contribution >= 0.6 is 11.6 Å². The molecule has 0 saturated heterocycles. The maximum atomic E-state index is 13.6. The van der Waals surface area contributed by atoms with Gasteiger partial charge in [0.2, 0.25) is 0 Å². The molecule has 94 valence electrons. The number of hydrogen-bond acceptors (Lipinski definition) is 1. The fraction of sp³-hybridized carbons (Fsp3) is 0.571. The van der Waals surface area contributed by atoms with Gasteiger partial charge in [0.05, 0.1) is 6.10 Å². The molecular weight excluding hydrogens is 239 g/mol. The minimum Gasteiger partial charge on any atom is -0.388 e. The van der Waals surface area contributed by atoms with Crippen LogP contribution in [0.15, 0.2) is 18.2 Å². The van der Waals surface area contributed by atoms with Gasteiger partial charge in [-0.1, -0.05) is 49.8 Å². The first-order valence-corrected chi connectivity index (χ1v) is 6.67. The molecule has 1 saturated carbocycles. The van der Waals surface area contributed by atoms with E-state index in [9.17, 15) is 9.50 Å². The Morgan fingerprint density at radius 2 is 2.00 bits per heavy atom. The van der Waals surface area contributed by atoms with Gasteiger partial charge < -0.3 is 5.11 Å².